The maximum absolute atomic E-state index is 12.5. The molecule has 152 valence electrons. The van der Waals surface area contributed by atoms with E-state index in [9.17, 15) is 9.59 Å². The molecule has 3 aromatic rings. The average molecular weight is 395 g/mol. The third-order valence-electron chi connectivity index (χ3n) is 5.36. The van der Waals surface area contributed by atoms with Crippen LogP contribution in [-0.2, 0) is 18.4 Å². The molecule has 1 amide bonds. The van der Waals surface area contributed by atoms with Gasteiger partial charge in [0, 0.05) is 44.6 Å². The zero-order chi connectivity index (χ0) is 20.5. The van der Waals surface area contributed by atoms with Gasteiger partial charge in [-0.1, -0.05) is 0 Å². The summed E-state index contributed by atoms with van der Waals surface area (Å²) in [6.45, 7) is 6.03. The van der Waals surface area contributed by atoms with E-state index < -0.39 is 0 Å². The van der Waals surface area contributed by atoms with Crippen molar-refractivity contribution in [2.45, 2.75) is 13.5 Å². The molecule has 0 saturated carbocycles. The summed E-state index contributed by atoms with van der Waals surface area (Å²) in [4.78, 5) is 33.9. The van der Waals surface area contributed by atoms with Gasteiger partial charge >= 0.3 is 0 Å². The summed E-state index contributed by atoms with van der Waals surface area (Å²) in [5.41, 5.74) is 3.25. The van der Waals surface area contributed by atoms with Crippen LogP contribution >= 0.6 is 0 Å². The second kappa shape index (κ2) is 7.67. The lowest BCUT2D eigenvalue weighted by Gasteiger charge is -2.35. The van der Waals surface area contributed by atoms with Crippen molar-refractivity contribution >= 4 is 28.3 Å². The number of nitrogens with zero attached hydrogens (tertiary/aromatic N) is 6. The number of carbonyl (C=O) groups is 1. The fourth-order valence-electron chi connectivity index (χ4n) is 3.67. The maximum atomic E-state index is 12.5. The Kier molecular flexibility index (Phi) is 5.06. The lowest BCUT2D eigenvalue weighted by atomic mass is 10.1. The third-order valence-corrected chi connectivity index (χ3v) is 5.36. The van der Waals surface area contributed by atoms with Crippen LogP contribution in [0, 0.1) is 6.92 Å². The Labute approximate surface area is 168 Å². The van der Waals surface area contributed by atoms with Crippen LogP contribution < -0.4 is 15.8 Å². The van der Waals surface area contributed by atoms with Crippen molar-refractivity contribution in [3.63, 3.8) is 0 Å². The van der Waals surface area contributed by atoms with E-state index in [0.717, 1.165) is 31.7 Å². The first kappa shape index (κ1) is 19.1. The highest BCUT2D eigenvalue weighted by Gasteiger charge is 2.16. The molecule has 9 heteroatoms. The van der Waals surface area contributed by atoms with Gasteiger partial charge in [-0.2, -0.15) is 5.10 Å². The lowest BCUT2D eigenvalue weighted by Crippen LogP contribution is -2.44. The van der Waals surface area contributed by atoms with E-state index in [1.54, 1.807) is 7.05 Å². The quantitative estimate of drug-likeness (QED) is 0.704. The summed E-state index contributed by atoms with van der Waals surface area (Å²) in [6.07, 6.45) is 2.85. The van der Waals surface area contributed by atoms with E-state index in [0.29, 0.717) is 16.7 Å². The molecule has 9 nitrogen and oxygen atoms in total. The molecule has 0 radical (unpaired) electrons. The van der Waals surface area contributed by atoms with E-state index in [2.05, 4.69) is 32.2 Å². The van der Waals surface area contributed by atoms with Gasteiger partial charge in [-0.15, -0.1) is 0 Å². The van der Waals surface area contributed by atoms with Gasteiger partial charge in [-0.05, 0) is 37.7 Å². The highest BCUT2D eigenvalue weighted by atomic mass is 16.2. The van der Waals surface area contributed by atoms with Crippen LogP contribution in [0.5, 0.6) is 0 Å². The second-order valence-electron chi connectivity index (χ2n) is 7.52. The van der Waals surface area contributed by atoms with Gasteiger partial charge in [0.25, 0.3) is 5.56 Å². The summed E-state index contributed by atoms with van der Waals surface area (Å²) in [5.74, 6) is -0.274. The summed E-state index contributed by atoms with van der Waals surface area (Å²) in [5, 5.41) is 7.31. The van der Waals surface area contributed by atoms with Gasteiger partial charge in [0.2, 0.25) is 5.91 Å². The normalized spacial score (nSPS) is 15.1. The fraction of sp³-hybridized carbons (Fsp3) is 0.400. The van der Waals surface area contributed by atoms with Crippen molar-refractivity contribution in [1.29, 1.82) is 0 Å². The Morgan fingerprint density at radius 2 is 1.93 bits per heavy atom. The number of carbonyl (C=O) groups excluding carboxylic acids is 1. The smallest absolute Gasteiger partial charge is 0.264 e. The minimum absolute atomic E-state index is 0.101. The number of hydrogen-bond acceptors (Lipinski definition) is 6. The number of hydrogen-bond donors (Lipinski definition) is 1. The molecule has 2 aromatic heterocycles. The van der Waals surface area contributed by atoms with Crippen LogP contribution in [-0.4, -0.2) is 63.4 Å². The Balaban J connectivity index is 1.45. The minimum Gasteiger partial charge on any atom is -0.369 e. The molecule has 0 bridgehead atoms. The first-order chi connectivity index (χ1) is 13.9. The molecule has 29 heavy (non-hydrogen) atoms. The molecule has 1 aliphatic heterocycles. The Morgan fingerprint density at radius 3 is 2.66 bits per heavy atom. The third kappa shape index (κ3) is 3.86. The highest BCUT2D eigenvalue weighted by molar-refractivity contribution is 5.91. The first-order valence-electron chi connectivity index (χ1n) is 9.63. The fourth-order valence-corrected chi connectivity index (χ4v) is 3.67. The van der Waals surface area contributed by atoms with Crippen molar-refractivity contribution in [1.82, 2.24) is 24.2 Å². The Bertz CT molecular complexity index is 1110. The number of nitrogens with one attached hydrogen (secondary N) is 1. The maximum Gasteiger partial charge on any atom is 0.264 e. The van der Waals surface area contributed by atoms with E-state index in [1.807, 2.05) is 25.1 Å². The number of rotatable bonds is 4. The van der Waals surface area contributed by atoms with Gasteiger partial charge in [-0.3, -0.25) is 18.8 Å². The number of benzene rings is 1. The van der Waals surface area contributed by atoms with Gasteiger partial charge in [0.15, 0.2) is 5.65 Å². The molecule has 3 heterocycles. The van der Waals surface area contributed by atoms with Crippen LogP contribution in [0.15, 0.2) is 35.5 Å². The molecule has 1 fully saturated rings. The summed E-state index contributed by atoms with van der Waals surface area (Å²) >= 11 is 0. The molecule has 0 spiro atoms. The van der Waals surface area contributed by atoms with Crippen LogP contribution in [0.3, 0.4) is 0 Å². The summed E-state index contributed by atoms with van der Waals surface area (Å²) < 4.78 is 2.83. The average Bonchev–Trinajstić information content (AvgIpc) is 3.07. The highest BCUT2D eigenvalue weighted by Crippen LogP contribution is 2.24. The monoisotopic (exact) mass is 395 g/mol. The number of piperazine rings is 1. The number of fused-ring (bicyclic) bond motifs is 1. The zero-order valence-corrected chi connectivity index (χ0v) is 16.9. The SMILES string of the molecule is Cc1cc(NC(=O)Cn2cnc3c(cnn3C)c2=O)ccc1N1CCN(C)CC1. The van der Waals surface area contributed by atoms with Crippen molar-refractivity contribution in [2.24, 2.45) is 7.05 Å². The number of aromatic nitrogens is 4. The second-order valence-corrected chi connectivity index (χ2v) is 7.52. The molecule has 1 N–H and O–H groups in total. The molecule has 1 saturated heterocycles. The molecule has 4 rings (SSSR count). The van der Waals surface area contributed by atoms with Gasteiger partial charge in [-0.25, -0.2) is 4.98 Å². The van der Waals surface area contributed by atoms with Gasteiger partial charge in [0.1, 0.15) is 18.3 Å². The molecular formula is C20H25N7O2. The molecule has 1 aromatic carbocycles. The molecule has 1 aliphatic rings. The van der Waals surface area contributed by atoms with E-state index in [-0.39, 0.29) is 18.0 Å². The molecule has 0 aliphatic carbocycles. The summed E-state index contributed by atoms with van der Waals surface area (Å²) in [6, 6.07) is 5.92. The molecule has 0 atom stereocenters. The lowest BCUT2D eigenvalue weighted by molar-refractivity contribution is -0.116. The van der Waals surface area contributed by atoms with Crippen molar-refractivity contribution in [3.8, 4) is 0 Å². The Morgan fingerprint density at radius 1 is 1.17 bits per heavy atom. The van der Waals surface area contributed by atoms with Crippen molar-refractivity contribution in [3.05, 3.63) is 46.6 Å². The van der Waals surface area contributed by atoms with Crippen molar-refractivity contribution < 1.29 is 4.79 Å². The largest absolute Gasteiger partial charge is 0.369 e. The zero-order valence-electron chi connectivity index (χ0n) is 16.9. The number of aryl methyl sites for hydroxylation is 2. The van der Waals surface area contributed by atoms with Gasteiger partial charge < -0.3 is 15.1 Å². The molecular weight excluding hydrogens is 370 g/mol. The standard InChI is InChI=1S/C20H25N7O2/c1-14-10-15(4-5-17(14)26-8-6-24(2)7-9-26)23-18(28)12-27-13-21-19-16(20(27)29)11-22-25(19)3/h4-5,10-11,13H,6-9,12H2,1-3H3,(H,23,28). The molecule has 0 unspecified atom stereocenters. The predicted molar refractivity (Wildman–Crippen MR) is 112 cm³/mol. The topological polar surface area (TPSA) is 88.3 Å². The van der Waals surface area contributed by atoms with Crippen LogP contribution in [0.4, 0.5) is 11.4 Å². The Hall–Kier alpha value is -3.20. The predicted octanol–water partition coefficient (Wildman–Crippen LogP) is 0.829. The van der Waals surface area contributed by atoms with Crippen LogP contribution in [0.25, 0.3) is 11.0 Å². The van der Waals surface area contributed by atoms with E-state index >= 15 is 0 Å². The van der Waals surface area contributed by atoms with E-state index in [1.165, 1.54) is 27.5 Å². The van der Waals surface area contributed by atoms with Crippen LogP contribution in [0.2, 0.25) is 0 Å². The number of amides is 1. The summed E-state index contributed by atoms with van der Waals surface area (Å²) in [7, 11) is 3.86. The van der Waals surface area contributed by atoms with Gasteiger partial charge in [0.05, 0.1) is 6.20 Å². The van der Waals surface area contributed by atoms with Crippen molar-refractivity contribution in [2.75, 3.05) is 43.4 Å². The van der Waals surface area contributed by atoms with E-state index in [4.69, 9.17) is 0 Å². The minimum atomic E-state index is -0.278. The number of anilines is 2. The first-order valence-corrected chi connectivity index (χ1v) is 9.63. The number of likely N-dealkylation sites (N-methyl/N-ethyl adjacent to an activating group) is 1. The van der Waals surface area contributed by atoms with Crippen LogP contribution in [0.1, 0.15) is 5.56 Å².